The molecule has 2 amide bonds. The lowest BCUT2D eigenvalue weighted by Gasteiger charge is -2.30. The van der Waals surface area contributed by atoms with E-state index < -0.39 is 0 Å². The number of aliphatic hydroxyl groups excluding tert-OH is 1. The summed E-state index contributed by atoms with van der Waals surface area (Å²) in [6.07, 6.45) is 3.22. The summed E-state index contributed by atoms with van der Waals surface area (Å²) in [7, 11) is 0. The number of fused-ring (bicyclic) bond motifs is 1. The van der Waals surface area contributed by atoms with E-state index in [1.165, 1.54) is 0 Å². The normalized spacial score (nSPS) is 15.1. The molecule has 1 aliphatic heterocycles. The van der Waals surface area contributed by atoms with E-state index in [1.54, 1.807) is 11.1 Å². The summed E-state index contributed by atoms with van der Waals surface area (Å²) >= 11 is 6.33. The summed E-state index contributed by atoms with van der Waals surface area (Å²) in [6.45, 7) is 7.32. The molecule has 1 aromatic heterocycles. The van der Waals surface area contributed by atoms with Gasteiger partial charge in [0.1, 0.15) is 5.75 Å². The van der Waals surface area contributed by atoms with Crippen molar-refractivity contribution in [2.24, 2.45) is 0 Å². The third-order valence-corrected chi connectivity index (χ3v) is 5.54. The lowest BCUT2D eigenvalue weighted by Crippen LogP contribution is -2.44. The molecular weight excluding hydrogens is 418 g/mol. The molecule has 0 aliphatic carbocycles. The zero-order valence-corrected chi connectivity index (χ0v) is 18.9. The average Bonchev–Trinajstić information content (AvgIpc) is 2.78. The molecule has 1 aromatic carbocycles. The Hall–Kier alpha value is -2.58. The first-order valence-electron chi connectivity index (χ1n) is 10.6. The smallest absolute Gasteiger partial charge is 0.318 e. The fourth-order valence-electron chi connectivity index (χ4n) is 3.48. The van der Waals surface area contributed by atoms with Gasteiger partial charge in [-0.1, -0.05) is 24.6 Å². The third kappa shape index (κ3) is 5.77. The number of halogens is 1. The highest BCUT2D eigenvalue weighted by atomic mass is 35.5. The van der Waals surface area contributed by atoms with Gasteiger partial charge in [-0.3, -0.25) is 0 Å². The Kier molecular flexibility index (Phi) is 7.92. The van der Waals surface area contributed by atoms with Gasteiger partial charge in [0.15, 0.2) is 0 Å². The Bertz CT molecular complexity index is 911. The minimum atomic E-state index is -0.157. The molecule has 0 saturated heterocycles. The maximum absolute atomic E-state index is 13.0. The van der Waals surface area contributed by atoms with Crippen LogP contribution in [-0.4, -0.2) is 51.8 Å². The number of amides is 2. The molecule has 2 aromatic rings. The van der Waals surface area contributed by atoms with Gasteiger partial charge in [0.2, 0.25) is 5.95 Å². The number of anilines is 1. The second-order valence-corrected chi connectivity index (χ2v) is 8.01. The number of ether oxygens (including phenoxy) is 1. The molecule has 0 radical (unpaired) electrons. The molecule has 9 heteroatoms. The number of aromatic nitrogens is 2. The highest BCUT2D eigenvalue weighted by Crippen LogP contribution is 2.29. The van der Waals surface area contributed by atoms with Crippen LogP contribution in [0, 0.1) is 0 Å². The second kappa shape index (κ2) is 10.6. The number of carbonyl (C=O) groups is 1. The summed E-state index contributed by atoms with van der Waals surface area (Å²) in [6, 6.07) is 5.18. The van der Waals surface area contributed by atoms with E-state index in [4.69, 9.17) is 16.3 Å². The number of carbonyl (C=O) groups excluding carboxylic acids is 1. The van der Waals surface area contributed by atoms with E-state index in [1.807, 2.05) is 39.0 Å². The standard InChI is InChI=1S/C22H30ClN5O3/c1-4-18(15-6-7-20(31-5-2)17(23)10-15)27-22(30)28-9-8-16-11-24-21(25-14(3)13-29)26-19(16)12-28/h6-7,10-11,14,18,29H,4-5,8-9,12-13H2,1-3H3,(H,27,30)(H,24,25,26)/t14-,18?/m0/s1. The van der Waals surface area contributed by atoms with Crippen LogP contribution in [-0.2, 0) is 13.0 Å². The molecule has 31 heavy (non-hydrogen) atoms. The van der Waals surface area contributed by atoms with Crippen LogP contribution in [0.1, 0.15) is 50.1 Å². The van der Waals surface area contributed by atoms with E-state index in [0.29, 0.717) is 42.8 Å². The summed E-state index contributed by atoms with van der Waals surface area (Å²) in [5.41, 5.74) is 2.80. The molecular formula is C22H30ClN5O3. The third-order valence-electron chi connectivity index (χ3n) is 5.25. The highest BCUT2D eigenvalue weighted by molar-refractivity contribution is 6.32. The zero-order valence-electron chi connectivity index (χ0n) is 18.2. The fraction of sp³-hybridized carbons (Fsp3) is 0.500. The quantitative estimate of drug-likeness (QED) is 0.572. The maximum atomic E-state index is 13.0. The minimum absolute atomic E-state index is 0.0110. The minimum Gasteiger partial charge on any atom is -0.492 e. The van der Waals surface area contributed by atoms with Gasteiger partial charge in [0.25, 0.3) is 0 Å². The first-order valence-corrected chi connectivity index (χ1v) is 11.0. The predicted molar refractivity (Wildman–Crippen MR) is 121 cm³/mol. The number of nitrogens with one attached hydrogen (secondary N) is 2. The van der Waals surface area contributed by atoms with Crippen molar-refractivity contribution in [2.45, 2.75) is 52.2 Å². The van der Waals surface area contributed by atoms with Crippen LogP contribution in [0.25, 0.3) is 0 Å². The van der Waals surface area contributed by atoms with Gasteiger partial charge in [-0.15, -0.1) is 0 Å². The van der Waals surface area contributed by atoms with Crippen LogP contribution in [0.4, 0.5) is 10.7 Å². The van der Waals surface area contributed by atoms with Crippen molar-refractivity contribution in [1.29, 1.82) is 0 Å². The van der Waals surface area contributed by atoms with Crippen molar-refractivity contribution >= 4 is 23.6 Å². The summed E-state index contributed by atoms with van der Waals surface area (Å²) in [5.74, 6) is 1.10. The van der Waals surface area contributed by atoms with Gasteiger partial charge in [-0.2, -0.15) is 0 Å². The van der Waals surface area contributed by atoms with E-state index >= 15 is 0 Å². The topological polar surface area (TPSA) is 99.6 Å². The van der Waals surface area contributed by atoms with Gasteiger partial charge < -0.3 is 25.4 Å². The SMILES string of the molecule is CCOc1ccc(C(CC)NC(=O)N2CCc3cnc(N[C@@H](C)CO)nc3C2)cc1Cl. The summed E-state index contributed by atoms with van der Waals surface area (Å²) in [5, 5.41) is 15.9. The molecule has 2 heterocycles. The van der Waals surface area contributed by atoms with Crippen molar-refractivity contribution in [3.63, 3.8) is 0 Å². The molecule has 3 N–H and O–H groups in total. The van der Waals surface area contributed by atoms with E-state index in [-0.39, 0.29) is 24.7 Å². The first-order chi connectivity index (χ1) is 14.9. The van der Waals surface area contributed by atoms with E-state index in [2.05, 4.69) is 20.6 Å². The fourth-order valence-corrected chi connectivity index (χ4v) is 3.72. The Morgan fingerprint density at radius 1 is 1.39 bits per heavy atom. The van der Waals surface area contributed by atoms with Gasteiger partial charge in [0.05, 0.1) is 36.5 Å². The van der Waals surface area contributed by atoms with Gasteiger partial charge in [0, 0.05) is 18.8 Å². The molecule has 0 fully saturated rings. The predicted octanol–water partition coefficient (Wildman–Crippen LogP) is 3.54. The number of aliphatic hydroxyl groups is 1. The molecule has 0 bridgehead atoms. The Morgan fingerprint density at radius 3 is 2.87 bits per heavy atom. The van der Waals surface area contributed by atoms with Crippen molar-refractivity contribution < 1.29 is 14.6 Å². The largest absolute Gasteiger partial charge is 0.492 e. The number of benzene rings is 1. The second-order valence-electron chi connectivity index (χ2n) is 7.60. The van der Waals surface area contributed by atoms with Crippen LogP contribution < -0.4 is 15.4 Å². The first kappa shape index (κ1) is 23.1. The molecule has 168 valence electrons. The van der Waals surface area contributed by atoms with Crippen LogP contribution in [0.15, 0.2) is 24.4 Å². The lowest BCUT2D eigenvalue weighted by atomic mass is 10.0. The van der Waals surface area contributed by atoms with Gasteiger partial charge in [-0.25, -0.2) is 14.8 Å². The Morgan fingerprint density at radius 2 is 2.19 bits per heavy atom. The molecule has 8 nitrogen and oxygen atoms in total. The Balaban J connectivity index is 1.68. The summed E-state index contributed by atoms with van der Waals surface area (Å²) in [4.78, 5) is 23.6. The van der Waals surface area contributed by atoms with E-state index in [9.17, 15) is 9.90 Å². The lowest BCUT2D eigenvalue weighted by molar-refractivity contribution is 0.187. The van der Waals surface area contributed by atoms with Crippen molar-refractivity contribution in [2.75, 3.05) is 25.1 Å². The molecule has 3 rings (SSSR count). The number of hydrogen-bond acceptors (Lipinski definition) is 6. The molecule has 1 unspecified atom stereocenters. The number of rotatable bonds is 8. The van der Waals surface area contributed by atoms with Crippen molar-refractivity contribution in [3.05, 3.63) is 46.2 Å². The van der Waals surface area contributed by atoms with Crippen molar-refractivity contribution in [3.8, 4) is 5.75 Å². The van der Waals surface area contributed by atoms with Crippen molar-refractivity contribution in [1.82, 2.24) is 20.2 Å². The Labute approximate surface area is 188 Å². The molecule has 1 aliphatic rings. The zero-order chi connectivity index (χ0) is 22.4. The average molecular weight is 448 g/mol. The van der Waals surface area contributed by atoms with Crippen LogP contribution in [0.5, 0.6) is 5.75 Å². The monoisotopic (exact) mass is 447 g/mol. The number of hydrogen-bond donors (Lipinski definition) is 3. The maximum Gasteiger partial charge on any atom is 0.318 e. The molecule has 2 atom stereocenters. The number of urea groups is 1. The molecule has 0 spiro atoms. The van der Waals surface area contributed by atoms with Crippen LogP contribution >= 0.6 is 11.6 Å². The summed E-state index contributed by atoms with van der Waals surface area (Å²) < 4.78 is 5.50. The van der Waals surface area contributed by atoms with Crippen LogP contribution in [0.3, 0.4) is 0 Å². The highest BCUT2D eigenvalue weighted by Gasteiger charge is 2.25. The van der Waals surface area contributed by atoms with Gasteiger partial charge >= 0.3 is 6.03 Å². The van der Waals surface area contributed by atoms with E-state index in [0.717, 1.165) is 23.2 Å². The van der Waals surface area contributed by atoms with Gasteiger partial charge in [-0.05, 0) is 49.9 Å². The number of nitrogens with zero attached hydrogens (tertiary/aromatic N) is 3. The van der Waals surface area contributed by atoms with Crippen LogP contribution in [0.2, 0.25) is 5.02 Å². The molecule has 0 saturated carbocycles.